The fraction of sp³-hybridized carbons (Fsp3) is 0.500. The molecule has 92 valence electrons. The van der Waals surface area contributed by atoms with Gasteiger partial charge >= 0.3 is 0 Å². The van der Waals surface area contributed by atoms with E-state index in [9.17, 15) is 0 Å². The number of aromatic nitrogens is 3. The van der Waals surface area contributed by atoms with E-state index in [4.69, 9.17) is 12.2 Å². The molecule has 2 aromatic rings. The van der Waals surface area contributed by atoms with Gasteiger partial charge in [0.1, 0.15) is 0 Å². The molecular formula is C12H17N3S2. The zero-order valence-corrected chi connectivity index (χ0v) is 12.0. The maximum atomic E-state index is 5.43. The lowest BCUT2D eigenvalue weighted by atomic mass is 10.2. The molecule has 2 heterocycles. The number of H-pyrrole nitrogens is 1. The molecule has 0 aliphatic rings. The van der Waals surface area contributed by atoms with Crippen LogP contribution in [0.5, 0.6) is 0 Å². The summed E-state index contributed by atoms with van der Waals surface area (Å²) in [6.07, 6.45) is 5.04. The molecule has 0 spiro atoms. The lowest BCUT2D eigenvalue weighted by Crippen LogP contribution is -2.11. The Kier molecular flexibility index (Phi) is 3.89. The molecule has 0 saturated heterocycles. The summed E-state index contributed by atoms with van der Waals surface area (Å²) in [6, 6.07) is 2.42. The zero-order valence-electron chi connectivity index (χ0n) is 10.4. The molecular weight excluding hydrogens is 250 g/mol. The lowest BCUT2D eigenvalue weighted by Gasteiger charge is -2.15. The van der Waals surface area contributed by atoms with Gasteiger partial charge in [0.05, 0.1) is 5.52 Å². The van der Waals surface area contributed by atoms with Crippen LogP contribution in [0.4, 0.5) is 0 Å². The number of imidazole rings is 1. The van der Waals surface area contributed by atoms with Crippen LogP contribution in [0.15, 0.2) is 12.3 Å². The smallest absolute Gasteiger partial charge is 0.179 e. The number of rotatable bonds is 4. The van der Waals surface area contributed by atoms with Crippen molar-refractivity contribution in [3.05, 3.63) is 22.6 Å². The average molecular weight is 267 g/mol. The third-order valence-electron chi connectivity index (χ3n) is 3.01. The van der Waals surface area contributed by atoms with Gasteiger partial charge in [0.2, 0.25) is 0 Å². The highest BCUT2D eigenvalue weighted by Crippen LogP contribution is 2.23. The molecule has 0 aliphatic carbocycles. The Labute approximate surface area is 111 Å². The Morgan fingerprint density at radius 2 is 2.35 bits per heavy atom. The van der Waals surface area contributed by atoms with Crippen molar-refractivity contribution in [2.75, 3.05) is 12.0 Å². The molecule has 0 radical (unpaired) electrons. The van der Waals surface area contributed by atoms with E-state index >= 15 is 0 Å². The minimum Gasteiger partial charge on any atom is -0.329 e. The minimum atomic E-state index is 0.417. The second kappa shape index (κ2) is 5.23. The molecule has 0 aliphatic heterocycles. The molecule has 17 heavy (non-hydrogen) atoms. The third-order valence-corrected chi connectivity index (χ3v) is 4.03. The van der Waals surface area contributed by atoms with Gasteiger partial charge in [0.25, 0.3) is 0 Å². The van der Waals surface area contributed by atoms with Crippen LogP contribution in [0.3, 0.4) is 0 Å². The van der Waals surface area contributed by atoms with Crippen molar-refractivity contribution in [1.82, 2.24) is 14.5 Å². The Hall–Kier alpha value is -0.810. The number of nitrogens with one attached hydrogen (secondary N) is 1. The summed E-state index contributed by atoms with van der Waals surface area (Å²) in [7, 11) is 0. The second-order valence-electron chi connectivity index (χ2n) is 4.14. The van der Waals surface area contributed by atoms with Gasteiger partial charge in [0.15, 0.2) is 10.4 Å². The van der Waals surface area contributed by atoms with E-state index < -0.39 is 0 Å². The van der Waals surface area contributed by atoms with Crippen LogP contribution in [-0.4, -0.2) is 26.5 Å². The van der Waals surface area contributed by atoms with Crippen molar-refractivity contribution in [1.29, 1.82) is 0 Å². The first-order valence-electron chi connectivity index (χ1n) is 5.73. The Morgan fingerprint density at radius 1 is 1.59 bits per heavy atom. The Bertz CT molecular complexity index is 571. The van der Waals surface area contributed by atoms with Crippen molar-refractivity contribution in [2.24, 2.45) is 0 Å². The summed E-state index contributed by atoms with van der Waals surface area (Å²) in [4.78, 5) is 7.74. The Balaban J connectivity index is 2.64. The number of aromatic amines is 1. The van der Waals surface area contributed by atoms with E-state index in [-0.39, 0.29) is 0 Å². The Morgan fingerprint density at radius 3 is 3.00 bits per heavy atom. The molecule has 3 nitrogen and oxygen atoms in total. The molecule has 0 bridgehead atoms. The monoisotopic (exact) mass is 267 g/mol. The first kappa shape index (κ1) is 12.6. The quantitative estimate of drug-likeness (QED) is 0.857. The summed E-state index contributed by atoms with van der Waals surface area (Å²) in [6.45, 7) is 4.27. The normalized spacial score (nSPS) is 13.1. The molecule has 0 saturated carbocycles. The maximum Gasteiger partial charge on any atom is 0.179 e. The topological polar surface area (TPSA) is 33.6 Å². The zero-order chi connectivity index (χ0) is 12.4. The standard InChI is InChI=1S/C12H17N3S2/c1-4-9(7-17-3)15-11-10(14-12(15)16)8(2)5-6-13-11/h5-6,9H,4,7H2,1-3H3,(H,14,16). The number of hydrogen-bond acceptors (Lipinski definition) is 3. The van der Waals surface area contributed by atoms with Gasteiger partial charge in [-0.15, -0.1) is 0 Å². The van der Waals surface area contributed by atoms with Gasteiger partial charge in [-0.25, -0.2) is 4.98 Å². The molecule has 0 aromatic carbocycles. The van der Waals surface area contributed by atoms with E-state index in [0.29, 0.717) is 6.04 Å². The number of aryl methyl sites for hydroxylation is 1. The van der Waals surface area contributed by atoms with Crippen LogP contribution < -0.4 is 0 Å². The minimum absolute atomic E-state index is 0.417. The van der Waals surface area contributed by atoms with Crippen molar-refractivity contribution < 1.29 is 0 Å². The fourth-order valence-corrected chi connectivity index (χ4v) is 3.16. The van der Waals surface area contributed by atoms with Crippen molar-refractivity contribution in [3.8, 4) is 0 Å². The van der Waals surface area contributed by atoms with Crippen molar-refractivity contribution in [2.45, 2.75) is 26.3 Å². The van der Waals surface area contributed by atoms with Crippen molar-refractivity contribution in [3.63, 3.8) is 0 Å². The predicted octanol–water partition coefficient (Wildman–Crippen LogP) is 3.72. The van der Waals surface area contributed by atoms with Gasteiger partial charge in [-0.3, -0.25) is 4.57 Å². The van der Waals surface area contributed by atoms with Gasteiger partial charge < -0.3 is 4.98 Å². The van der Waals surface area contributed by atoms with Crippen LogP contribution in [0.25, 0.3) is 11.2 Å². The van der Waals surface area contributed by atoms with E-state index in [1.165, 1.54) is 5.56 Å². The summed E-state index contributed by atoms with van der Waals surface area (Å²) in [5.41, 5.74) is 3.24. The average Bonchev–Trinajstić information content (AvgIpc) is 2.64. The number of fused-ring (bicyclic) bond motifs is 1. The van der Waals surface area contributed by atoms with Gasteiger partial charge in [-0.05, 0) is 43.4 Å². The van der Waals surface area contributed by atoms with Gasteiger partial charge in [-0.2, -0.15) is 11.8 Å². The number of pyridine rings is 1. The molecule has 0 fully saturated rings. The number of hydrogen-bond donors (Lipinski definition) is 1. The van der Waals surface area contributed by atoms with E-state index in [2.05, 4.69) is 34.6 Å². The van der Waals surface area contributed by atoms with Crippen LogP contribution in [-0.2, 0) is 0 Å². The lowest BCUT2D eigenvalue weighted by molar-refractivity contribution is 0.544. The molecule has 5 heteroatoms. The number of thioether (sulfide) groups is 1. The predicted molar refractivity (Wildman–Crippen MR) is 77.4 cm³/mol. The first-order valence-corrected chi connectivity index (χ1v) is 7.54. The highest BCUT2D eigenvalue weighted by molar-refractivity contribution is 7.98. The molecule has 0 amide bonds. The first-order chi connectivity index (χ1) is 8.19. The SMILES string of the molecule is CCC(CSC)n1c(=S)[nH]c2c(C)ccnc21. The molecule has 2 aromatic heterocycles. The summed E-state index contributed by atoms with van der Waals surface area (Å²) < 4.78 is 2.94. The van der Waals surface area contributed by atoms with E-state index in [0.717, 1.165) is 28.1 Å². The summed E-state index contributed by atoms with van der Waals surface area (Å²) in [5, 5.41) is 0. The highest BCUT2D eigenvalue weighted by Gasteiger charge is 2.15. The van der Waals surface area contributed by atoms with E-state index in [1.807, 2.05) is 24.0 Å². The maximum absolute atomic E-state index is 5.43. The van der Waals surface area contributed by atoms with Gasteiger partial charge in [-0.1, -0.05) is 6.92 Å². The molecule has 1 N–H and O–H groups in total. The molecule has 1 atom stereocenters. The summed E-state index contributed by atoms with van der Waals surface area (Å²) in [5.74, 6) is 1.06. The molecule has 1 unspecified atom stereocenters. The molecule has 2 rings (SSSR count). The van der Waals surface area contributed by atoms with Crippen LogP contribution in [0.1, 0.15) is 24.9 Å². The second-order valence-corrected chi connectivity index (χ2v) is 5.44. The third kappa shape index (κ3) is 2.26. The van der Waals surface area contributed by atoms with Gasteiger partial charge in [0, 0.05) is 18.0 Å². The van der Waals surface area contributed by atoms with Crippen LogP contribution in [0, 0.1) is 11.7 Å². The number of nitrogens with zero attached hydrogens (tertiary/aromatic N) is 2. The van der Waals surface area contributed by atoms with Crippen molar-refractivity contribution >= 4 is 35.1 Å². The van der Waals surface area contributed by atoms with E-state index in [1.54, 1.807) is 0 Å². The largest absolute Gasteiger partial charge is 0.329 e. The van der Waals surface area contributed by atoms with Crippen LogP contribution >= 0.6 is 24.0 Å². The summed E-state index contributed by atoms with van der Waals surface area (Å²) >= 11 is 7.27. The fourth-order valence-electron chi connectivity index (χ4n) is 2.05. The van der Waals surface area contributed by atoms with Crippen LogP contribution in [0.2, 0.25) is 0 Å². The highest BCUT2D eigenvalue weighted by atomic mass is 32.2.